The van der Waals surface area contributed by atoms with Gasteiger partial charge in [0.05, 0.1) is 6.33 Å². The Morgan fingerprint density at radius 1 is 0.792 bits per heavy atom. The standard InChI is InChI=1S/C16H20N8/c1-11-12(2)17-8-18-14(11)23-4-6-24(7-5-23)16-13-15(19-9-20-16)22(3)10-21-13/h8-10H,4-7H2,1-3H3. The maximum absolute atomic E-state index is 4.47. The van der Waals surface area contributed by atoms with Crippen LogP contribution < -0.4 is 9.80 Å². The number of nitrogens with zero attached hydrogens (tertiary/aromatic N) is 8. The van der Waals surface area contributed by atoms with Gasteiger partial charge in [0.2, 0.25) is 0 Å². The fourth-order valence-electron chi connectivity index (χ4n) is 3.14. The van der Waals surface area contributed by atoms with Gasteiger partial charge < -0.3 is 14.4 Å². The highest BCUT2D eigenvalue weighted by Gasteiger charge is 2.23. The summed E-state index contributed by atoms with van der Waals surface area (Å²) in [6.07, 6.45) is 5.04. The summed E-state index contributed by atoms with van der Waals surface area (Å²) in [5.74, 6) is 1.95. The molecule has 0 saturated carbocycles. The van der Waals surface area contributed by atoms with Crippen molar-refractivity contribution in [2.24, 2.45) is 7.05 Å². The first-order valence-electron chi connectivity index (χ1n) is 8.05. The van der Waals surface area contributed by atoms with Crippen molar-refractivity contribution in [3.8, 4) is 0 Å². The molecule has 0 spiro atoms. The molecule has 0 aromatic carbocycles. The van der Waals surface area contributed by atoms with Crippen molar-refractivity contribution in [2.45, 2.75) is 13.8 Å². The summed E-state index contributed by atoms with van der Waals surface area (Å²) in [5, 5.41) is 0. The molecule has 3 aromatic rings. The molecule has 0 aliphatic carbocycles. The van der Waals surface area contributed by atoms with E-state index in [1.54, 1.807) is 19.0 Å². The quantitative estimate of drug-likeness (QED) is 0.698. The third kappa shape index (κ3) is 2.34. The number of aryl methyl sites for hydroxylation is 2. The van der Waals surface area contributed by atoms with Crippen molar-refractivity contribution < 1.29 is 0 Å². The smallest absolute Gasteiger partial charge is 0.165 e. The fraction of sp³-hybridized carbons (Fsp3) is 0.438. The lowest BCUT2D eigenvalue weighted by atomic mass is 10.2. The number of hydrogen-bond acceptors (Lipinski definition) is 7. The van der Waals surface area contributed by atoms with Crippen LogP contribution in [0.3, 0.4) is 0 Å². The Kier molecular flexibility index (Phi) is 3.51. The average molecular weight is 324 g/mol. The lowest BCUT2D eigenvalue weighted by Crippen LogP contribution is -2.47. The largest absolute Gasteiger partial charge is 0.353 e. The van der Waals surface area contributed by atoms with E-state index in [9.17, 15) is 0 Å². The van der Waals surface area contributed by atoms with Gasteiger partial charge in [-0.15, -0.1) is 0 Å². The minimum absolute atomic E-state index is 0.863. The summed E-state index contributed by atoms with van der Waals surface area (Å²) in [6.45, 7) is 7.66. The monoisotopic (exact) mass is 324 g/mol. The van der Waals surface area contributed by atoms with Crippen LogP contribution in [0.4, 0.5) is 11.6 Å². The van der Waals surface area contributed by atoms with Gasteiger partial charge in [-0.3, -0.25) is 0 Å². The van der Waals surface area contributed by atoms with Crippen molar-refractivity contribution in [3.63, 3.8) is 0 Å². The van der Waals surface area contributed by atoms with Gasteiger partial charge in [-0.2, -0.15) is 0 Å². The van der Waals surface area contributed by atoms with Gasteiger partial charge in [0.25, 0.3) is 0 Å². The van der Waals surface area contributed by atoms with E-state index in [1.165, 1.54) is 0 Å². The second kappa shape index (κ2) is 5.70. The molecule has 4 heterocycles. The Bertz CT molecular complexity index is 879. The number of imidazole rings is 1. The van der Waals surface area contributed by atoms with Crippen LogP contribution in [0.5, 0.6) is 0 Å². The van der Waals surface area contributed by atoms with Gasteiger partial charge in [-0.05, 0) is 13.8 Å². The Hall–Kier alpha value is -2.77. The first-order valence-corrected chi connectivity index (χ1v) is 8.05. The highest BCUT2D eigenvalue weighted by atomic mass is 15.3. The van der Waals surface area contributed by atoms with E-state index < -0.39 is 0 Å². The normalized spacial score (nSPS) is 15.3. The van der Waals surface area contributed by atoms with E-state index >= 15 is 0 Å². The number of piperazine rings is 1. The summed E-state index contributed by atoms with van der Waals surface area (Å²) in [7, 11) is 1.95. The molecule has 0 N–H and O–H groups in total. The Labute approximate surface area is 140 Å². The molecule has 1 aliphatic rings. The van der Waals surface area contributed by atoms with Crippen molar-refractivity contribution in [1.82, 2.24) is 29.5 Å². The van der Waals surface area contributed by atoms with Crippen molar-refractivity contribution >= 4 is 22.8 Å². The van der Waals surface area contributed by atoms with E-state index in [0.717, 1.165) is 60.2 Å². The predicted octanol–water partition coefficient (Wildman–Crippen LogP) is 1.10. The van der Waals surface area contributed by atoms with Crippen LogP contribution in [-0.2, 0) is 7.05 Å². The molecule has 1 saturated heterocycles. The highest BCUT2D eigenvalue weighted by molar-refractivity contribution is 5.83. The zero-order valence-electron chi connectivity index (χ0n) is 14.1. The minimum Gasteiger partial charge on any atom is -0.353 e. The summed E-state index contributed by atoms with van der Waals surface area (Å²) < 4.78 is 1.92. The number of fused-ring (bicyclic) bond motifs is 1. The number of aromatic nitrogens is 6. The highest BCUT2D eigenvalue weighted by Crippen LogP contribution is 2.24. The second-order valence-electron chi connectivity index (χ2n) is 6.11. The molecule has 124 valence electrons. The van der Waals surface area contributed by atoms with E-state index in [2.05, 4.69) is 41.6 Å². The van der Waals surface area contributed by atoms with Gasteiger partial charge in [0.15, 0.2) is 17.0 Å². The maximum atomic E-state index is 4.47. The maximum Gasteiger partial charge on any atom is 0.165 e. The number of rotatable bonds is 2. The molecule has 1 fully saturated rings. The van der Waals surface area contributed by atoms with Gasteiger partial charge in [0, 0.05) is 44.5 Å². The molecule has 0 unspecified atom stereocenters. The molecule has 8 nitrogen and oxygen atoms in total. The van der Waals surface area contributed by atoms with Gasteiger partial charge in [0.1, 0.15) is 18.5 Å². The summed E-state index contributed by atoms with van der Waals surface area (Å²) in [6, 6.07) is 0. The average Bonchev–Trinajstić information content (AvgIpc) is 2.99. The zero-order valence-corrected chi connectivity index (χ0v) is 14.1. The summed E-state index contributed by atoms with van der Waals surface area (Å²) in [4.78, 5) is 26.6. The molecule has 1 aliphatic heterocycles. The Morgan fingerprint density at radius 2 is 1.42 bits per heavy atom. The second-order valence-corrected chi connectivity index (χ2v) is 6.11. The Balaban J connectivity index is 1.56. The fourth-order valence-corrected chi connectivity index (χ4v) is 3.14. The van der Waals surface area contributed by atoms with Crippen LogP contribution in [0.25, 0.3) is 11.2 Å². The van der Waals surface area contributed by atoms with Crippen LogP contribution in [0.2, 0.25) is 0 Å². The molecule has 0 bridgehead atoms. The molecule has 0 atom stereocenters. The van der Waals surface area contributed by atoms with E-state index in [4.69, 9.17) is 0 Å². The first-order chi connectivity index (χ1) is 11.6. The van der Waals surface area contributed by atoms with Gasteiger partial charge in [-0.25, -0.2) is 24.9 Å². The third-order valence-corrected chi connectivity index (χ3v) is 4.67. The van der Waals surface area contributed by atoms with Crippen molar-refractivity contribution in [3.05, 3.63) is 30.2 Å². The minimum atomic E-state index is 0.863. The third-order valence-electron chi connectivity index (χ3n) is 4.67. The summed E-state index contributed by atoms with van der Waals surface area (Å²) >= 11 is 0. The lowest BCUT2D eigenvalue weighted by molar-refractivity contribution is 0.640. The van der Waals surface area contributed by atoms with E-state index in [0.29, 0.717) is 0 Å². The van der Waals surface area contributed by atoms with Crippen LogP contribution in [-0.4, -0.2) is 55.7 Å². The zero-order chi connectivity index (χ0) is 16.7. The van der Waals surface area contributed by atoms with Crippen LogP contribution in [0.15, 0.2) is 19.0 Å². The van der Waals surface area contributed by atoms with Gasteiger partial charge >= 0.3 is 0 Å². The summed E-state index contributed by atoms with van der Waals surface area (Å²) in [5.41, 5.74) is 3.92. The number of anilines is 2. The first kappa shape index (κ1) is 14.8. The molecule has 4 rings (SSSR count). The van der Waals surface area contributed by atoms with Crippen LogP contribution in [0.1, 0.15) is 11.3 Å². The van der Waals surface area contributed by atoms with E-state index in [1.807, 2.05) is 18.5 Å². The van der Waals surface area contributed by atoms with Crippen molar-refractivity contribution in [1.29, 1.82) is 0 Å². The predicted molar refractivity (Wildman–Crippen MR) is 92.2 cm³/mol. The molecular formula is C16H20N8. The molecule has 8 heteroatoms. The molecular weight excluding hydrogens is 304 g/mol. The van der Waals surface area contributed by atoms with Crippen molar-refractivity contribution in [2.75, 3.05) is 36.0 Å². The molecule has 24 heavy (non-hydrogen) atoms. The molecule has 0 amide bonds. The Morgan fingerprint density at radius 3 is 2.17 bits per heavy atom. The SMILES string of the molecule is Cc1ncnc(N2CCN(c3ncnc4c3ncn4C)CC2)c1C. The molecule has 3 aromatic heterocycles. The lowest BCUT2D eigenvalue weighted by Gasteiger charge is -2.36. The topological polar surface area (TPSA) is 75.9 Å². The van der Waals surface area contributed by atoms with Crippen LogP contribution in [0, 0.1) is 13.8 Å². The molecule has 0 radical (unpaired) electrons. The number of hydrogen-bond donors (Lipinski definition) is 0. The van der Waals surface area contributed by atoms with E-state index in [-0.39, 0.29) is 0 Å². The van der Waals surface area contributed by atoms with Crippen LogP contribution >= 0.6 is 0 Å². The van der Waals surface area contributed by atoms with Gasteiger partial charge in [-0.1, -0.05) is 0 Å².